The van der Waals surface area contributed by atoms with Crippen LogP contribution in [0.1, 0.15) is 13.8 Å². The van der Waals surface area contributed by atoms with Crippen molar-refractivity contribution in [1.29, 1.82) is 0 Å². The largest absolute Gasteiger partial charge is 0.488 e. The van der Waals surface area contributed by atoms with Gasteiger partial charge in [-0.2, -0.15) is 0 Å². The number of nitrogens with one attached hydrogen (secondary N) is 3. The summed E-state index contributed by atoms with van der Waals surface area (Å²) >= 11 is 6.56. The molecule has 9 heteroatoms. The zero-order chi connectivity index (χ0) is 24.4. The van der Waals surface area contributed by atoms with E-state index in [2.05, 4.69) is 25.6 Å². The fourth-order valence-corrected chi connectivity index (χ4v) is 4.43. The van der Waals surface area contributed by atoms with Gasteiger partial charge in [0.05, 0.1) is 17.1 Å². The lowest BCUT2D eigenvalue weighted by molar-refractivity contribution is -0.114. The number of hydrogen-bond donors (Lipinski definition) is 3. The third-order valence-corrected chi connectivity index (χ3v) is 6.16. The fraction of sp³-hybridized carbons (Fsp3) is 0.269. The zero-order valence-corrected chi connectivity index (χ0v) is 20.2. The summed E-state index contributed by atoms with van der Waals surface area (Å²) in [5.74, 6) is 1.30. The maximum Gasteiger partial charge on any atom is 0.221 e. The molecule has 180 valence electrons. The molecule has 2 unspecified atom stereocenters. The molecule has 1 amide bonds. The maximum absolute atomic E-state index is 11.5. The Morgan fingerprint density at radius 2 is 2.06 bits per heavy atom. The van der Waals surface area contributed by atoms with Crippen LogP contribution >= 0.6 is 11.6 Å². The number of benzene rings is 2. The van der Waals surface area contributed by atoms with Gasteiger partial charge in [-0.3, -0.25) is 4.79 Å². The van der Waals surface area contributed by atoms with Crippen molar-refractivity contribution in [3.63, 3.8) is 0 Å². The second-order valence-corrected chi connectivity index (χ2v) is 8.90. The smallest absolute Gasteiger partial charge is 0.221 e. The molecule has 2 aromatic carbocycles. The SMILES string of the molecule is CC(=O)Nc1cccc(-c2c(Cl)cnc3nc(-c4ccc(OC(C)C5CNCCO5)cc4)[nH]c23)c1. The number of hydrogen-bond acceptors (Lipinski definition) is 6. The van der Waals surface area contributed by atoms with Crippen molar-refractivity contribution < 1.29 is 14.3 Å². The van der Waals surface area contributed by atoms with Gasteiger partial charge in [-0.15, -0.1) is 0 Å². The van der Waals surface area contributed by atoms with Gasteiger partial charge in [0.2, 0.25) is 5.91 Å². The van der Waals surface area contributed by atoms with E-state index in [9.17, 15) is 4.79 Å². The second kappa shape index (κ2) is 10.0. The quantitative estimate of drug-likeness (QED) is 0.362. The van der Waals surface area contributed by atoms with Gasteiger partial charge in [0.15, 0.2) is 5.65 Å². The minimum atomic E-state index is -0.137. The number of H-pyrrole nitrogens is 1. The first-order valence-corrected chi connectivity index (χ1v) is 11.9. The van der Waals surface area contributed by atoms with Crippen LogP contribution in [0.3, 0.4) is 0 Å². The Bertz CT molecular complexity index is 1350. The van der Waals surface area contributed by atoms with Crippen molar-refractivity contribution in [3.05, 3.63) is 59.8 Å². The van der Waals surface area contributed by atoms with Crippen LogP contribution in [0.2, 0.25) is 5.02 Å². The standard InChI is InChI=1S/C26H26ClN5O3/c1-15(22-14-28-10-11-34-22)35-20-8-6-17(7-9-20)25-31-24-23(21(27)13-29-26(24)32-25)18-4-3-5-19(12-18)30-16(2)33/h3-9,12-13,15,22,28H,10-11,14H2,1-2H3,(H,30,33)(H,29,31,32). The molecule has 3 heterocycles. The average Bonchev–Trinajstić information content (AvgIpc) is 3.29. The molecule has 1 aliphatic heterocycles. The van der Waals surface area contributed by atoms with Crippen LogP contribution < -0.4 is 15.4 Å². The molecule has 0 spiro atoms. The molecule has 3 N–H and O–H groups in total. The van der Waals surface area contributed by atoms with E-state index in [1.54, 1.807) is 6.20 Å². The number of rotatable bonds is 6. The third-order valence-electron chi connectivity index (χ3n) is 5.87. The first-order valence-electron chi connectivity index (χ1n) is 11.5. The summed E-state index contributed by atoms with van der Waals surface area (Å²) in [7, 11) is 0. The normalized spacial score (nSPS) is 16.7. The number of morpholine rings is 1. The van der Waals surface area contributed by atoms with Crippen molar-refractivity contribution in [1.82, 2.24) is 20.3 Å². The van der Waals surface area contributed by atoms with Gasteiger partial charge in [0, 0.05) is 43.0 Å². The Hall–Kier alpha value is -3.46. The molecule has 1 aliphatic rings. The van der Waals surface area contributed by atoms with Gasteiger partial charge in [0.1, 0.15) is 23.8 Å². The molecule has 35 heavy (non-hydrogen) atoms. The minimum absolute atomic E-state index is 0.0252. The van der Waals surface area contributed by atoms with E-state index in [1.165, 1.54) is 6.92 Å². The van der Waals surface area contributed by atoms with E-state index in [1.807, 2.05) is 55.5 Å². The van der Waals surface area contributed by atoms with Crippen LogP contribution in [0.25, 0.3) is 33.7 Å². The number of carbonyl (C=O) groups excluding carboxylic acids is 1. The Morgan fingerprint density at radius 1 is 1.23 bits per heavy atom. The topological polar surface area (TPSA) is 101 Å². The molecule has 2 aromatic heterocycles. The van der Waals surface area contributed by atoms with E-state index < -0.39 is 0 Å². The highest BCUT2D eigenvalue weighted by Crippen LogP contribution is 2.35. The van der Waals surface area contributed by atoms with Crippen LogP contribution in [0.5, 0.6) is 5.75 Å². The van der Waals surface area contributed by atoms with Gasteiger partial charge in [-0.1, -0.05) is 23.7 Å². The zero-order valence-electron chi connectivity index (χ0n) is 19.5. The number of aromatic nitrogens is 3. The number of anilines is 1. The van der Waals surface area contributed by atoms with Crippen molar-refractivity contribution in [2.24, 2.45) is 0 Å². The molecule has 1 fully saturated rings. The number of fused-ring (bicyclic) bond motifs is 1. The molecule has 0 bridgehead atoms. The predicted octanol–water partition coefficient (Wildman–Crippen LogP) is 4.66. The summed E-state index contributed by atoms with van der Waals surface area (Å²) in [5.41, 5.74) is 4.49. The van der Waals surface area contributed by atoms with Gasteiger partial charge in [-0.25, -0.2) is 9.97 Å². The molecular weight excluding hydrogens is 466 g/mol. The molecular formula is C26H26ClN5O3. The molecule has 8 nitrogen and oxygen atoms in total. The number of nitrogens with zero attached hydrogens (tertiary/aromatic N) is 2. The lowest BCUT2D eigenvalue weighted by Crippen LogP contribution is -2.46. The van der Waals surface area contributed by atoms with Crippen LogP contribution in [0, 0.1) is 0 Å². The fourth-order valence-electron chi connectivity index (χ4n) is 4.18. The Balaban J connectivity index is 1.42. The van der Waals surface area contributed by atoms with Crippen LogP contribution in [-0.2, 0) is 9.53 Å². The number of imidazole rings is 1. The minimum Gasteiger partial charge on any atom is -0.488 e. The van der Waals surface area contributed by atoms with Crippen molar-refractivity contribution in [2.75, 3.05) is 25.0 Å². The molecule has 2 atom stereocenters. The predicted molar refractivity (Wildman–Crippen MR) is 137 cm³/mol. The molecule has 0 radical (unpaired) electrons. The summed E-state index contributed by atoms with van der Waals surface area (Å²) in [6.07, 6.45) is 1.55. The van der Waals surface area contributed by atoms with Crippen molar-refractivity contribution in [3.8, 4) is 28.3 Å². The third kappa shape index (κ3) is 5.14. The van der Waals surface area contributed by atoms with Crippen LogP contribution in [-0.4, -0.2) is 52.8 Å². The van der Waals surface area contributed by atoms with E-state index >= 15 is 0 Å². The number of ether oxygens (including phenoxy) is 2. The Labute approximate surface area is 208 Å². The van der Waals surface area contributed by atoms with Crippen LogP contribution in [0.15, 0.2) is 54.7 Å². The molecule has 0 aliphatic carbocycles. The first kappa shape index (κ1) is 23.3. The summed E-state index contributed by atoms with van der Waals surface area (Å²) in [4.78, 5) is 23.9. The number of halogens is 1. The lowest BCUT2D eigenvalue weighted by Gasteiger charge is -2.29. The summed E-state index contributed by atoms with van der Waals surface area (Å²) in [6, 6.07) is 15.3. The first-order chi connectivity index (χ1) is 17.0. The summed E-state index contributed by atoms with van der Waals surface area (Å²) < 4.78 is 11.9. The number of aromatic amines is 1. The average molecular weight is 492 g/mol. The van der Waals surface area contributed by atoms with E-state index in [4.69, 9.17) is 21.1 Å². The Morgan fingerprint density at radius 3 is 2.80 bits per heavy atom. The number of amides is 1. The van der Waals surface area contributed by atoms with Gasteiger partial charge in [0.25, 0.3) is 0 Å². The van der Waals surface area contributed by atoms with Crippen LogP contribution in [0.4, 0.5) is 5.69 Å². The van der Waals surface area contributed by atoms with E-state index in [-0.39, 0.29) is 18.1 Å². The Kier molecular flexibility index (Phi) is 6.68. The highest BCUT2D eigenvalue weighted by atomic mass is 35.5. The molecule has 5 rings (SSSR count). The summed E-state index contributed by atoms with van der Waals surface area (Å²) in [5, 5.41) is 6.62. The summed E-state index contributed by atoms with van der Waals surface area (Å²) in [6.45, 7) is 5.84. The maximum atomic E-state index is 11.5. The highest BCUT2D eigenvalue weighted by Gasteiger charge is 2.22. The number of pyridine rings is 1. The van der Waals surface area contributed by atoms with E-state index in [0.29, 0.717) is 28.8 Å². The number of carbonyl (C=O) groups is 1. The van der Waals surface area contributed by atoms with Crippen molar-refractivity contribution in [2.45, 2.75) is 26.1 Å². The van der Waals surface area contributed by atoms with Gasteiger partial charge < -0.3 is 25.1 Å². The van der Waals surface area contributed by atoms with E-state index in [0.717, 1.165) is 41.0 Å². The monoisotopic (exact) mass is 491 g/mol. The van der Waals surface area contributed by atoms with Gasteiger partial charge >= 0.3 is 0 Å². The molecule has 1 saturated heterocycles. The molecule has 0 saturated carbocycles. The van der Waals surface area contributed by atoms with Crippen molar-refractivity contribution >= 4 is 34.4 Å². The van der Waals surface area contributed by atoms with Gasteiger partial charge in [-0.05, 0) is 48.9 Å². The highest BCUT2D eigenvalue weighted by molar-refractivity contribution is 6.34. The lowest BCUT2D eigenvalue weighted by atomic mass is 10.1. The second-order valence-electron chi connectivity index (χ2n) is 8.49. The molecule has 4 aromatic rings.